The van der Waals surface area contributed by atoms with Crippen LogP contribution in [0.25, 0.3) is 0 Å². The van der Waals surface area contributed by atoms with Gasteiger partial charge < -0.3 is 25.0 Å². The number of carbonyl (C=O) groups excluding carboxylic acids is 1. The topological polar surface area (TPSA) is 90.2 Å². The maximum absolute atomic E-state index is 11.3. The van der Waals surface area contributed by atoms with Gasteiger partial charge in [0, 0.05) is 13.5 Å². The molecule has 0 bridgehead atoms. The normalized spacial score (nSPS) is 43.2. The van der Waals surface area contributed by atoms with Crippen molar-refractivity contribution in [3.63, 3.8) is 0 Å². The Morgan fingerprint density at radius 1 is 1.44 bits per heavy atom. The molecule has 3 N–H and O–H groups in total. The molecule has 0 aromatic heterocycles. The third kappa shape index (κ3) is 1.71. The van der Waals surface area contributed by atoms with Crippen LogP contribution in [0.2, 0.25) is 0 Å². The first kappa shape index (κ1) is 11.8. The van der Waals surface area contributed by atoms with E-state index in [-0.39, 0.29) is 18.6 Å². The number of hydrogen-bond acceptors (Lipinski definition) is 5. The molecular formula is C10H17NO5. The molecule has 2 saturated heterocycles. The minimum Gasteiger partial charge on any atom is -0.394 e. The molecule has 0 radical (unpaired) electrons. The number of nitrogens with zero attached hydrogens (tertiary/aromatic N) is 1. The van der Waals surface area contributed by atoms with Gasteiger partial charge in [-0.3, -0.25) is 4.79 Å². The van der Waals surface area contributed by atoms with Crippen molar-refractivity contribution in [2.45, 2.75) is 43.8 Å². The second kappa shape index (κ2) is 4.29. The van der Waals surface area contributed by atoms with Crippen LogP contribution in [-0.2, 0) is 9.53 Å². The van der Waals surface area contributed by atoms with Gasteiger partial charge in [-0.05, 0) is 6.42 Å². The lowest BCUT2D eigenvalue weighted by Gasteiger charge is -2.41. The summed E-state index contributed by atoms with van der Waals surface area (Å²) < 4.78 is 5.47. The summed E-state index contributed by atoms with van der Waals surface area (Å²) in [6.07, 6.45) is -2.62. The van der Waals surface area contributed by atoms with E-state index in [2.05, 4.69) is 0 Å². The Morgan fingerprint density at radius 3 is 2.69 bits per heavy atom. The maximum atomic E-state index is 11.3. The van der Waals surface area contributed by atoms with Crippen LogP contribution in [0.5, 0.6) is 0 Å². The summed E-state index contributed by atoms with van der Waals surface area (Å²) in [6.45, 7) is 1.62. The predicted molar refractivity (Wildman–Crippen MR) is 53.6 cm³/mol. The molecule has 5 atom stereocenters. The number of carbonyl (C=O) groups is 1. The van der Waals surface area contributed by atoms with Crippen LogP contribution < -0.4 is 0 Å². The van der Waals surface area contributed by atoms with E-state index in [0.717, 1.165) is 0 Å². The summed E-state index contributed by atoms with van der Waals surface area (Å²) in [7, 11) is 0. The fraction of sp³-hybridized carbons (Fsp3) is 0.900. The summed E-state index contributed by atoms with van der Waals surface area (Å²) in [5.74, 6) is -0.134. The molecule has 16 heavy (non-hydrogen) atoms. The van der Waals surface area contributed by atoms with Crippen molar-refractivity contribution < 1.29 is 24.9 Å². The van der Waals surface area contributed by atoms with E-state index in [1.54, 1.807) is 0 Å². The minimum absolute atomic E-state index is 0.134. The molecule has 0 aliphatic carbocycles. The Balaban J connectivity index is 2.17. The summed E-state index contributed by atoms with van der Waals surface area (Å²) in [4.78, 5) is 12.9. The van der Waals surface area contributed by atoms with Gasteiger partial charge in [0.2, 0.25) is 5.91 Å². The molecule has 1 unspecified atom stereocenters. The smallest absolute Gasteiger partial charge is 0.219 e. The number of aliphatic hydroxyl groups excluding tert-OH is 3. The van der Waals surface area contributed by atoms with Gasteiger partial charge >= 0.3 is 0 Å². The highest BCUT2D eigenvalue weighted by atomic mass is 16.5. The second-order valence-electron chi connectivity index (χ2n) is 4.37. The Morgan fingerprint density at radius 2 is 2.12 bits per heavy atom. The molecule has 6 nitrogen and oxygen atoms in total. The molecular weight excluding hydrogens is 214 g/mol. The Labute approximate surface area is 93.4 Å². The minimum atomic E-state index is -1.15. The first-order valence-corrected chi connectivity index (χ1v) is 5.46. The van der Waals surface area contributed by atoms with Crippen molar-refractivity contribution >= 4 is 5.91 Å². The number of likely N-dealkylation sites (tertiary alicyclic amines) is 1. The monoisotopic (exact) mass is 231 g/mol. The van der Waals surface area contributed by atoms with Crippen LogP contribution in [0.4, 0.5) is 0 Å². The Kier molecular flexibility index (Phi) is 3.16. The second-order valence-corrected chi connectivity index (χ2v) is 4.37. The van der Waals surface area contributed by atoms with E-state index < -0.39 is 24.4 Å². The van der Waals surface area contributed by atoms with Gasteiger partial charge in [0.25, 0.3) is 0 Å². The van der Waals surface area contributed by atoms with Crippen LogP contribution >= 0.6 is 0 Å². The molecule has 2 rings (SSSR count). The Hall–Kier alpha value is -0.690. The van der Waals surface area contributed by atoms with Gasteiger partial charge in [-0.25, -0.2) is 0 Å². The van der Waals surface area contributed by atoms with Gasteiger partial charge in [-0.15, -0.1) is 0 Å². The fourth-order valence-electron chi connectivity index (χ4n) is 2.59. The van der Waals surface area contributed by atoms with Crippen molar-refractivity contribution in [3.05, 3.63) is 0 Å². The van der Waals surface area contributed by atoms with Gasteiger partial charge in [-0.2, -0.15) is 0 Å². The van der Waals surface area contributed by atoms with Crippen molar-refractivity contribution in [1.29, 1.82) is 0 Å². The molecule has 1 amide bonds. The van der Waals surface area contributed by atoms with E-state index in [9.17, 15) is 15.0 Å². The maximum Gasteiger partial charge on any atom is 0.219 e. The molecule has 2 aliphatic rings. The summed E-state index contributed by atoms with van der Waals surface area (Å²) >= 11 is 0. The number of aliphatic hydroxyl groups is 3. The number of rotatable bonds is 1. The molecule has 92 valence electrons. The highest BCUT2D eigenvalue weighted by molar-refractivity contribution is 5.74. The first-order chi connectivity index (χ1) is 7.56. The third-order valence-corrected chi connectivity index (χ3v) is 3.41. The summed E-state index contributed by atoms with van der Waals surface area (Å²) in [5.41, 5.74) is 0. The molecule has 0 aromatic rings. The lowest BCUT2D eigenvalue weighted by Crippen LogP contribution is -2.61. The van der Waals surface area contributed by atoms with Crippen molar-refractivity contribution in [2.75, 3.05) is 13.2 Å². The molecule has 2 heterocycles. The van der Waals surface area contributed by atoms with Gasteiger partial charge in [0.1, 0.15) is 18.3 Å². The molecule has 0 saturated carbocycles. The van der Waals surface area contributed by atoms with Crippen molar-refractivity contribution in [1.82, 2.24) is 4.90 Å². The van der Waals surface area contributed by atoms with Crippen LogP contribution in [0.1, 0.15) is 13.3 Å². The number of hydrogen-bond donors (Lipinski definition) is 3. The average Bonchev–Trinajstić information content (AvgIpc) is 2.67. The summed E-state index contributed by atoms with van der Waals surface area (Å²) in [6, 6.07) is -0.490. The zero-order chi connectivity index (χ0) is 11.9. The van der Waals surface area contributed by atoms with E-state index in [0.29, 0.717) is 13.0 Å². The van der Waals surface area contributed by atoms with E-state index in [4.69, 9.17) is 9.84 Å². The number of amides is 1. The van der Waals surface area contributed by atoms with Crippen LogP contribution in [0, 0.1) is 0 Å². The molecule has 0 spiro atoms. The van der Waals surface area contributed by atoms with E-state index in [1.165, 1.54) is 11.8 Å². The van der Waals surface area contributed by atoms with E-state index >= 15 is 0 Å². The SMILES string of the molecule is CC(=O)N1CC[C@@H]2OC(CO)[C@H](O)[C@H](O)[C@@H]21. The van der Waals surface area contributed by atoms with Crippen molar-refractivity contribution in [3.8, 4) is 0 Å². The fourth-order valence-corrected chi connectivity index (χ4v) is 2.59. The highest BCUT2D eigenvalue weighted by Crippen LogP contribution is 2.31. The predicted octanol–water partition coefficient (Wildman–Crippen LogP) is -1.91. The standard InChI is InChI=1S/C10H17NO5/c1-5(13)11-3-2-6-8(11)10(15)9(14)7(4-12)16-6/h6-10,12,14-15H,2-4H2,1H3/t6-,7?,8+,9-,10+/m0/s1. The van der Waals surface area contributed by atoms with Gasteiger partial charge in [0.15, 0.2) is 0 Å². The molecule has 2 fully saturated rings. The first-order valence-electron chi connectivity index (χ1n) is 5.46. The van der Waals surface area contributed by atoms with Crippen LogP contribution in [-0.4, -0.2) is 69.7 Å². The van der Waals surface area contributed by atoms with Gasteiger partial charge in [0.05, 0.1) is 18.8 Å². The van der Waals surface area contributed by atoms with Crippen LogP contribution in [0.15, 0.2) is 0 Å². The average molecular weight is 231 g/mol. The highest BCUT2D eigenvalue weighted by Gasteiger charge is 2.50. The number of fused-ring (bicyclic) bond motifs is 1. The largest absolute Gasteiger partial charge is 0.394 e. The quantitative estimate of drug-likeness (QED) is 0.490. The van der Waals surface area contributed by atoms with Gasteiger partial charge in [-0.1, -0.05) is 0 Å². The molecule has 6 heteroatoms. The van der Waals surface area contributed by atoms with E-state index in [1.807, 2.05) is 0 Å². The zero-order valence-corrected chi connectivity index (χ0v) is 9.11. The Bertz CT molecular complexity index is 284. The lowest BCUT2D eigenvalue weighted by atomic mass is 9.93. The van der Waals surface area contributed by atoms with Crippen molar-refractivity contribution in [2.24, 2.45) is 0 Å². The number of ether oxygens (including phenoxy) is 1. The summed E-state index contributed by atoms with van der Waals surface area (Å²) in [5, 5.41) is 28.6. The molecule has 0 aromatic carbocycles. The third-order valence-electron chi connectivity index (χ3n) is 3.41. The zero-order valence-electron chi connectivity index (χ0n) is 9.11. The van der Waals surface area contributed by atoms with Crippen LogP contribution in [0.3, 0.4) is 0 Å². The lowest BCUT2D eigenvalue weighted by molar-refractivity contribution is -0.198. The molecule has 2 aliphatic heterocycles.